The molecular formula is C22H23F3N2O3. The molecule has 1 atom stereocenters. The molecule has 0 aromatic heterocycles. The molecule has 0 radical (unpaired) electrons. The van der Waals surface area contributed by atoms with Crippen LogP contribution in [-0.4, -0.2) is 59.0 Å². The van der Waals surface area contributed by atoms with Gasteiger partial charge in [0.15, 0.2) is 0 Å². The predicted octanol–water partition coefficient (Wildman–Crippen LogP) is 2.98. The van der Waals surface area contributed by atoms with Crippen LogP contribution in [0.1, 0.15) is 27.9 Å². The number of carbonyl (C=O) groups is 2. The molecule has 0 bridgehead atoms. The first kappa shape index (κ1) is 21.8. The number of amides is 2. The van der Waals surface area contributed by atoms with Crippen LogP contribution in [0.25, 0.3) is 0 Å². The number of nitrogens with zero attached hydrogens (tertiary/aromatic N) is 2. The lowest BCUT2D eigenvalue weighted by atomic mass is 10.0. The third kappa shape index (κ3) is 5.18. The molecule has 8 heteroatoms. The fourth-order valence-corrected chi connectivity index (χ4v) is 3.60. The summed E-state index contributed by atoms with van der Waals surface area (Å²) in [6.07, 6.45) is -4.01. The summed E-state index contributed by atoms with van der Waals surface area (Å²) in [5, 5.41) is 9.83. The van der Waals surface area contributed by atoms with Gasteiger partial charge in [-0.1, -0.05) is 36.4 Å². The van der Waals surface area contributed by atoms with Crippen molar-refractivity contribution in [2.24, 2.45) is 0 Å². The Morgan fingerprint density at radius 1 is 1.03 bits per heavy atom. The third-order valence-electron chi connectivity index (χ3n) is 5.22. The Balaban J connectivity index is 1.71. The van der Waals surface area contributed by atoms with Crippen LogP contribution in [0.4, 0.5) is 13.2 Å². The van der Waals surface area contributed by atoms with Gasteiger partial charge in [0.05, 0.1) is 18.2 Å². The van der Waals surface area contributed by atoms with E-state index in [4.69, 9.17) is 0 Å². The van der Waals surface area contributed by atoms with Gasteiger partial charge in [-0.25, -0.2) is 0 Å². The van der Waals surface area contributed by atoms with Crippen LogP contribution in [0.3, 0.4) is 0 Å². The van der Waals surface area contributed by atoms with E-state index in [1.165, 1.54) is 17.0 Å². The number of rotatable bonds is 5. The number of aliphatic hydroxyl groups is 1. The summed E-state index contributed by atoms with van der Waals surface area (Å²) in [6.45, 7) is 0.295. The number of alkyl halides is 3. The van der Waals surface area contributed by atoms with E-state index < -0.39 is 23.7 Å². The highest BCUT2D eigenvalue weighted by Gasteiger charge is 2.32. The van der Waals surface area contributed by atoms with Crippen molar-refractivity contribution in [2.45, 2.75) is 25.1 Å². The molecule has 2 aromatic rings. The number of carbonyl (C=O) groups excluding carboxylic acids is 2. The lowest BCUT2D eigenvalue weighted by molar-refractivity contribution is -0.137. The molecule has 2 amide bonds. The first-order valence-electron chi connectivity index (χ1n) is 9.70. The topological polar surface area (TPSA) is 60.9 Å². The minimum atomic E-state index is -4.53. The molecule has 160 valence electrons. The van der Waals surface area contributed by atoms with Gasteiger partial charge >= 0.3 is 6.18 Å². The summed E-state index contributed by atoms with van der Waals surface area (Å²) in [7, 11) is 0. The van der Waals surface area contributed by atoms with E-state index in [9.17, 15) is 27.9 Å². The predicted molar refractivity (Wildman–Crippen MR) is 105 cm³/mol. The van der Waals surface area contributed by atoms with Crippen LogP contribution >= 0.6 is 0 Å². The van der Waals surface area contributed by atoms with Gasteiger partial charge in [-0.2, -0.15) is 13.2 Å². The quantitative estimate of drug-likeness (QED) is 0.809. The number of hydrogen-bond acceptors (Lipinski definition) is 3. The van der Waals surface area contributed by atoms with E-state index in [0.717, 1.165) is 17.7 Å². The van der Waals surface area contributed by atoms with Crippen molar-refractivity contribution in [1.29, 1.82) is 0 Å². The highest BCUT2D eigenvalue weighted by atomic mass is 19.4. The van der Waals surface area contributed by atoms with Crippen molar-refractivity contribution in [1.82, 2.24) is 9.80 Å². The second-order valence-electron chi connectivity index (χ2n) is 7.23. The molecule has 3 rings (SSSR count). The van der Waals surface area contributed by atoms with E-state index in [1.54, 1.807) is 4.90 Å². The summed E-state index contributed by atoms with van der Waals surface area (Å²) in [5.41, 5.74) is 0.0308. The molecule has 1 fully saturated rings. The van der Waals surface area contributed by atoms with Crippen molar-refractivity contribution in [3.05, 3.63) is 71.3 Å². The molecular weight excluding hydrogens is 397 g/mol. The second kappa shape index (κ2) is 9.30. The normalized spacial score (nSPS) is 16.3. The second-order valence-corrected chi connectivity index (χ2v) is 7.23. The van der Waals surface area contributed by atoms with Crippen LogP contribution in [0.2, 0.25) is 0 Å². The maximum Gasteiger partial charge on any atom is 0.416 e. The maximum atomic E-state index is 12.9. The third-order valence-corrected chi connectivity index (χ3v) is 5.22. The number of aliphatic hydroxyl groups excluding tert-OH is 1. The Morgan fingerprint density at radius 2 is 1.77 bits per heavy atom. The standard InChI is InChI=1S/C22H23F3N2O3/c23-22(24,25)18-8-4-7-17(14-18)21(30)26-10-9-20(29)27(12-11-26)19(15-28)13-16-5-2-1-3-6-16/h1-8,14,19,28H,9-13,15H2/t19-/m0/s1. The van der Waals surface area contributed by atoms with E-state index in [2.05, 4.69) is 0 Å². The lowest BCUT2D eigenvalue weighted by Gasteiger charge is -2.30. The Morgan fingerprint density at radius 3 is 2.43 bits per heavy atom. The number of halogens is 3. The van der Waals surface area contributed by atoms with Crippen molar-refractivity contribution in [3.63, 3.8) is 0 Å². The Hall–Kier alpha value is -2.87. The van der Waals surface area contributed by atoms with Crippen molar-refractivity contribution >= 4 is 11.8 Å². The van der Waals surface area contributed by atoms with Crippen LogP contribution in [0.5, 0.6) is 0 Å². The zero-order valence-corrected chi connectivity index (χ0v) is 16.3. The first-order valence-corrected chi connectivity index (χ1v) is 9.70. The maximum absolute atomic E-state index is 12.9. The molecule has 1 aliphatic heterocycles. The van der Waals surface area contributed by atoms with Gasteiger partial charge in [0.2, 0.25) is 5.91 Å². The Labute approximate surface area is 172 Å². The molecule has 0 aliphatic carbocycles. The molecule has 30 heavy (non-hydrogen) atoms. The summed E-state index contributed by atoms with van der Waals surface area (Å²) in [5.74, 6) is -0.733. The van der Waals surface area contributed by atoms with E-state index >= 15 is 0 Å². The van der Waals surface area contributed by atoms with Gasteiger partial charge in [0.1, 0.15) is 0 Å². The molecule has 0 saturated carbocycles. The van der Waals surface area contributed by atoms with E-state index in [0.29, 0.717) is 6.42 Å². The summed E-state index contributed by atoms with van der Waals surface area (Å²) < 4.78 is 38.8. The monoisotopic (exact) mass is 420 g/mol. The highest BCUT2D eigenvalue weighted by molar-refractivity contribution is 5.95. The van der Waals surface area contributed by atoms with Gasteiger partial charge in [0.25, 0.3) is 5.91 Å². The van der Waals surface area contributed by atoms with Crippen LogP contribution in [0.15, 0.2) is 54.6 Å². The summed E-state index contributed by atoms with van der Waals surface area (Å²) >= 11 is 0. The Kier molecular flexibility index (Phi) is 6.77. The van der Waals surface area contributed by atoms with Gasteiger partial charge < -0.3 is 14.9 Å². The molecule has 1 N–H and O–H groups in total. The van der Waals surface area contributed by atoms with Crippen LogP contribution < -0.4 is 0 Å². The number of benzene rings is 2. The number of hydrogen-bond donors (Lipinski definition) is 1. The Bertz CT molecular complexity index is 887. The average molecular weight is 420 g/mol. The zero-order valence-electron chi connectivity index (χ0n) is 16.3. The first-order chi connectivity index (χ1) is 14.3. The van der Waals surface area contributed by atoms with Crippen molar-refractivity contribution in [2.75, 3.05) is 26.2 Å². The summed E-state index contributed by atoms with van der Waals surface area (Å²) in [6, 6.07) is 13.3. The molecule has 2 aromatic carbocycles. The molecule has 0 unspecified atom stereocenters. The molecule has 1 heterocycles. The summed E-state index contributed by atoms with van der Waals surface area (Å²) in [4.78, 5) is 28.3. The molecule has 5 nitrogen and oxygen atoms in total. The van der Waals surface area contributed by atoms with Crippen molar-refractivity contribution < 1.29 is 27.9 Å². The van der Waals surface area contributed by atoms with Crippen molar-refractivity contribution in [3.8, 4) is 0 Å². The zero-order chi connectivity index (χ0) is 21.7. The fraction of sp³-hybridized carbons (Fsp3) is 0.364. The van der Waals surface area contributed by atoms with Gasteiger partial charge in [-0.05, 0) is 30.2 Å². The average Bonchev–Trinajstić information content (AvgIpc) is 2.93. The minimum absolute atomic E-state index is 0.0516. The largest absolute Gasteiger partial charge is 0.416 e. The minimum Gasteiger partial charge on any atom is -0.394 e. The smallest absolute Gasteiger partial charge is 0.394 e. The van der Waals surface area contributed by atoms with Crippen LogP contribution in [-0.2, 0) is 17.4 Å². The van der Waals surface area contributed by atoms with Gasteiger partial charge in [-0.15, -0.1) is 0 Å². The highest BCUT2D eigenvalue weighted by Crippen LogP contribution is 2.30. The molecule has 0 spiro atoms. The van der Waals surface area contributed by atoms with Gasteiger partial charge in [-0.3, -0.25) is 9.59 Å². The fourth-order valence-electron chi connectivity index (χ4n) is 3.60. The molecule has 1 saturated heterocycles. The molecule has 1 aliphatic rings. The van der Waals surface area contributed by atoms with E-state index in [1.807, 2.05) is 30.3 Å². The van der Waals surface area contributed by atoms with Gasteiger partial charge in [0, 0.05) is 31.6 Å². The van der Waals surface area contributed by atoms with Crippen LogP contribution in [0, 0.1) is 0 Å². The van der Waals surface area contributed by atoms with E-state index in [-0.39, 0.29) is 44.1 Å². The SMILES string of the molecule is O=C(c1cccc(C(F)(F)F)c1)N1CCC(=O)N([C@H](CO)Cc2ccccc2)CC1. The lowest BCUT2D eigenvalue weighted by Crippen LogP contribution is -2.45.